The second-order valence-electron chi connectivity index (χ2n) is 3.81. The third kappa shape index (κ3) is 2.77. The molecule has 0 fully saturated rings. The molecule has 0 aliphatic heterocycles. The Morgan fingerprint density at radius 3 is 2.53 bits per heavy atom. The molecular weight excluding hydrogens is 261 g/mol. The molecule has 84 valence electrons. The van der Waals surface area contributed by atoms with Crippen molar-refractivity contribution < 1.29 is 9.50 Å². The van der Waals surface area contributed by atoms with E-state index in [1.807, 2.05) is 13.8 Å². The molecule has 0 saturated heterocycles. The quantitative estimate of drug-likeness (QED) is 0.891. The minimum Gasteiger partial charge on any atom is -0.387 e. The van der Waals surface area contributed by atoms with Gasteiger partial charge in [-0.25, -0.2) is 4.39 Å². The maximum absolute atomic E-state index is 13.6. The number of benzene rings is 1. The van der Waals surface area contributed by atoms with Crippen LogP contribution in [0.5, 0.6) is 0 Å². The van der Waals surface area contributed by atoms with Crippen molar-refractivity contribution in [2.75, 3.05) is 6.54 Å². The summed E-state index contributed by atoms with van der Waals surface area (Å²) in [4.78, 5) is 0. The molecule has 0 aromatic heterocycles. The van der Waals surface area contributed by atoms with Gasteiger partial charge in [0.2, 0.25) is 0 Å². The van der Waals surface area contributed by atoms with Crippen LogP contribution in [-0.4, -0.2) is 11.7 Å². The van der Waals surface area contributed by atoms with Crippen molar-refractivity contribution in [2.45, 2.75) is 25.9 Å². The lowest BCUT2D eigenvalue weighted by molar-refractivity contribution is 0.181. The number of hydrogen-bond acceptors (Lipinski definition) is 2. The first-order chi connectivity index (χ1) is 6.97. The Hall–Kier alpha value is -0.450. The van der Waals surface area contributed by atoms with Crippen LogP contribution in [0.15, 0.2) is 16.6 Å². The van der Waals surface area contributed by atoms with Crippen LogP contribution in [0.4, 0.5) is 4.39 Å². The lowest BCUT2D eigenvalue weighted by Gasteiger charge is -2.14. The number of halogens is 2. The van der Waals surface area contributed by atoms with Gasteiger partial charge >= 0.3 is 0 Å². The van der Waals surface area contributed by atoms with E-state index in [4.69, 9.17) is 5.73 Å². The Morgan fingerprint density at radius 2 is 2.07 bits per heavy atom. The Balaban J connectivity index is 3.25. The van der Waals surface area contributed by atoms with Crippen molar-refractivity contribution in [3.8, 4) is 0 Å². The van der Waals surface area contributed by atoms with Crippen LogP contribution in [-0.2, 0) is 0 Å². The van der Waals surface area contributed by atoms with Gasteiger partial charge in [-0.3, -0.25) is 0 Å². The number of aliphatic hydroxyl groups excluding tert-OH is 1. The molecule has 1 atom stereocenters. The molecule has 0 spiro atoms. The van der Waals surface area contributed by atoms with E-state index in [-0.39, 0.29) is 18.0 Å². The van der Waals surface area contributed by atoms with Gasteiger partial charge in [-0.1, -0.05) is 13.8 Å². The first-order valence-corrected chi connectivity index (χ1v) is 5.63. The fraction of sp³-hybridized carbons (Fsp3) is 0.455. The van der Waals surface area contributed by atoms with Crippen LogP contribution < -0.4 is 5.73 Å². The molecule has 4 heteroatoms. The highest BCUT2D eigenvalue weighted by molar-refractivity contribution is 9.10. The maximum Gasteiger partial charge on any atom is 0.143 e. The molecule has 0 saturated carbocycles. The number of hydrogen-bond donors (Lipinski definition) is 2. The standard InChI is InChI=1S/C11H15BrFNO/c1-6(2)7-3-8(10(15)5-14)11(13)9(12)4-7/h3-4,6,10,15H,5,14H2,1-2H3. The first kappa shape index (κ1) is 12.6. The van der Waals surface area contributed by atoms with E-state index in [2.05, 4.69) is 15.9 Å². The minimum atomic E-state index is -0.944. The van der Waals surface area contributed by atoms with Gasteiger partial charge in [0.15, 0.2) is 0 Å². The normalized spacial score (nSPS) is 13.3. The minimum absolute atomic E-state index is 0.0188. The Kier molecular flexibility index (Phi) is 4.25. The average molecular weight is 276 g/mol. The van der Waals surface area contributed by atoms with Crippen LogP contribution >= 0.6 is 15.9 Å². The average Bonchev–Trinajstić information content (AvgIpc) is 2.20. The monoisotopic (exact) mass is 275 g/mol. The fourth-order valence-electron chi connectivity index (χ4n) is 1.33. The highest BCUT2D eigenvalue weighted by atomic mass is 79.9. The molecular formula is C11H15BrFNO. The SMILES string of the molecule is CC(C)c1cc(Br)c(F)c(C(O)CN)c1. The van der Waals surface area contributed by atoms with Crippen molar-refractivity contribution in [1.29, 1.82) is 0 Å². The zero-order chi connectivity index (χ0) is 11.6. The van der Waals surface area contributed by atoms with Crippen LogP contribution in [0.1, 0.15) is 37.0 Å². The van der Waals surface area contributed by atoms with Crippen molar-refractivity contribution in [3.63, 3.8) is 0 Å². The van der Waals surface area contributed by atoms with Gasteiger partial charge < -0.3 is 10.8 Å². The first-order valence-electron chi connectivity index (χ1n) is 4.84. The van der Waals surface area contributed by atoms with E-state index in [0.717, 1.165) is 5.56 Å². The smallest absolute Gasteiger partial charge is 0.143 e. The highest BCUT2D eigenvalue weighted by Gasteiger charge is 2.16. The lowest BCUT2D eigenvalue weighted by Crippen LogP contribution is -2.13. The summed E-state index contributed by atoms with van der Waals surface area (Å²) in [6.07, 6.45) is -0.944. The van der Waals surface area contributed by atoms with Gasteiger partial charge in [0, 0.05) is 12.1 Å². The molecule has 0 aliphatic carbocycles. The predicted molar refractivity (Wildman–Crippen MR) is 62.2 cm³/mol. The van der Waals surface area contributed by atoms with Crippen LogP contribution in [0.25, 0.3) is 0 Å². The summed E-state index contributed by atoms with van der Waals surface area (Å²) in [7, 11) is 0. The van der Waals surface area contributed by atoms with Gasteiger partial charge in [-0.2, -0.15) is 0 Å². The third-order valence-electron chi connectivity index (χ3n) is 2.33. The summed E-state index contributed by atoms with van der Waals surface area (Å²) in [5, 5.41) is 9.55. The summed E-state index contributed by atoms with van der Waals surface area (Å²) in [5.74, 6) is -0.150. The van der Waals surface area contributed by atoms with Crippen molar-refractivity contribution in [1.82, 2.24) is 0 Å². The van der Waals surface area contributed by atoms with Crippen LogP contribution in [0, 0.1) is 5.82 Å². The second kappa shape index (κ2) is 5.05. The van der Waals surface area contributed by atoms with E-state index in [0.29, 0.717) is 4.47 Å². The topological polar surface area (TPSA) is 46.2 Å². The summed E-state index contributed by atoms with van der Waals surface area (Å²) in [6, 6.07) is 3.40. The molecule has 1 aromatic rings. The van der Waals surface area contributed by atoms with Crippen molar-refractivity contribution in [2.24, 2.45) is 5.73 Å². The van der Waals surface area contributed by atoms with E-state index < -0.39 is 11.9 Å². The highest BCUT2D eigenvalue weighted by Crippen LogP contribution is 2.28. The summed E-state index contributed by atoms with van der Waals surface area (Å²) in [6.45, 7) is 4.04. The third-order valence-corrected chi connectivity index (χ3v) is 2.90. The number of nitrogens with two attached hydrogens (primary N) is 1. The molecule has 1 unspecified atom stereocenters. The molecule has 1 aromatic carbocycles. The van der Waals surface area contributed by atoms with Crippen LogP contribution in [0.2, 0.25) is 0 Å². The van der Waals surface area contributed by atoms with Gasteiger partial charge in [-0.05, 0) is 39.5 Å². The van der Waals surface area contributed by atoms with Gasteiger partial charge in [0.05, 0.1) is 10.6 Å². The molecule has 3 N–H and O–H groups in total. The fourth-order valence-corrected chi connectivity index (χ4v) is 1.83. The molecule has 0 heterocycles. The van der Waals surface area contributed by atoms with Crippen molar-refractivity contribution in [3.05, 3.63) is 33.5 Å². The summed E-state index contributed by atoms with van der Waals surface area (Å²) >= 11 is 3.14. The molecule has 0 radical (unpaired) electrons. The molecule has 15 heavy (non-hydrogen) atoms. The Labute approximate surface area is 97.4 Å². The molecule has 1 rings (SSSR count). The van der Waals surface area contributed by atoms with Gasteiger partial charge in [0.1, 0.15) is 5.82 Å². The molecule has 2 nitrogen and oxygen atoms in total. The number of rotatable bonds is 3. The van der Waals surface area contributed by atoms with Crippen molar-refractivity contribution >= 4 is 15.9 Å². The zero-order valence-corrected chi connectivity index (χ0v) is 10.4. The zero-order valence-electron chi connectivity index (χ0n) is 8.80. The van der Waals surface area contributed by atoms with Gasteiger partial charge in [0.25, 0.3) is 0 Å². The van der Waals surface area contributed by atoms with Crippen LogP contribution in [0.3, 0.4) is 0 Å². The van der Waals surface area contributed by atoms with Gasteiger partial charge in [-0.15, -0.1) is 0 Å². The van der Waals surface area contributed by atoms with E-state index in [1.165, 1.54) is 0 Å². The summed E-state index contributed by atoms with van der Waals surface area (Å²) in [5.41, 5.74) is 6.55. The van der Waals surface area contributed by atoms with E-state index in [9.17, 15) is 9.50 Å². The molecule has 0 aliphatic rings. The maximum atomic E-state index is 13.6. The van der Waals surface area contributed by atoms with E-state index >= 15 is 0 Å². The summed E-state index contributed by atoms with van der Waals surface area (Å²) < 4.78 is 14.0. The largest absolute Gasteiger partial charge is 0.387 e. The Bertz CT molecular complexity index is 355. The Morgan fingerprint density at radius 1 is 1.47 bits per heavy atom. The lowest BCUT2D eigenvalue weighted by atomic mass is 9.98. The predicted octanol–water partition coefficient (Wildman–Crippen LogP) is 2.70. The molecule has 0 bridgehead atoms. The number of aliphatic hydroxyl groups is 1. The second-order valence-corrected chi connectivity index (χ2v) is 4.67. The molecule has 0 amide bonds. The van der Waals surface area contributed by atoms with E-state index in [1.54, 1.807) is 12.1 Å².